The van der Waals surface area contributed by atoms with Crippen LogP contribution in [0.1, 0.15) is 36.4 Å². The van der Waals surface area contributed by atoms with Crippen molar-refractivity contribution in [2.24, 2.45) is 4.99 Å². The van der Waals surface area contributed by atoms with Crippen LogP contribution in [0.15, 0.2) is 83.9 Å². The highest BCUT2D eigenvalue weighted by Gasteiger charge is 2.16. The van der Waals surface area contributed by atoms with Gasteiger partial charge in [0.05, 0.1) is 16.3 Å². The standard InChI is InChI=1S/C26H26N4S/c1-2-7-20(8-3-1)22-10-6-12-25(29-22)28-21-15-13-19(14-16-21)17-18-27-26-30-23-9-4-5-11-24(23)31-26/h1-5,7-9,11,13-16,22H,6,10,12,17-18H2,(H,27,30)(H,28,29). The first kappa shape index (κ1) is 19.8. The molecule has 0 aliphatic carbocycles. The summed E-state index contributed by atoms with van der Waals surface area (Å²) in [7, 11) is 0. The summed E-state index contributed by atoms with van der Waals surface area (Å²) in [5.41, 5.74) is 4.78. The molecule has 4 aromatic rings. The minimum Gasteiger partial charge on any atom is -0.361 e. The Morgan fingerprint density at radius 2 is 1.71 bits per heavy atom. The number of nitrogens with zero attached hydrogens (tertiary/aromatic N) is 2. The second-order valence-electron chi connectivity index (χ2n) is 7.88. The molecule has 1 aromatic heterocycles. The van der Waals surface area contributed by atoms with Crippen LogP contribution in [0, 0.1) is 0 Å². The van der Waals surface area contributed by atoms with Crippen LogP contribution >= 0.6 is 11.3 Å². The Morgan fingerprint density at radius 3 is 2.55 bits per heavy atom. The van der Waals surface area contributed by atoms with E-state index in [0.717, 1.165) is 48.0 Å². The van der Waals surface area contributed by atoms with Crippen LogP contribution in [0.5, 0.6) is 0 Å². The molecular formula is C26H26N4S. The lowest BCUT2D eigenvalue weighted by Crippen LogP contribution is -2.18. The van der Waals surface area contributed by atoms with Crippen LogP contribution in [0.2, 0.25) is 0 Å². The van der Waals surface area contributed by atoms with Crippen LogP contribution in [0.4, 0.5) is 10.8 Å². The largest absolute Gasteiger partial charge is 0.361 e. The highest BCUT2D eigenvalue weighted by atomic mass is 32.1. The van der Waals surface area contributed by atoms with Crippen LogP contribution in [-0.2, 0) is 6.42 Å². The topological polar surface area (TPSA) is 49.3 Å². The van der Waals surface area contributed by atoms with Crippen molar-refractivity contribution < 1.29 is 0 Å². The van der Waals surface area contributed by atoms with Gasteiger partial charge >= 0.3 is 0 Å². The summed E-state index contributed by atoms with van der Waals surface area (Å²) in [5, 5.41) is 7.98. The molecule has 0 amide bonds. The van der Waals surface area contributed by atoms with Gasteiger partial charge in [-0.15, -0.1) is 0 Å². The monoisotopic (exact) mass is 426 g/mol. The minimum atomic E-state index is 0.269. The molecule has 2 N–H and O–H groups in total. The van der Waals surface area contributed by atoms with Gasteiger partial charge in [0.1, 0.15) is 5.84 Å². The summed E-state index contributed by atoms with van der Waals surface area (Å²) < 4.78 is 1.22. The molecule has 31 heavy (non-hydrogen) atoms. The highest BCUT2D eigenvalue weighted by Crippen LogP contribution is 2.28. The molecule has 1 aliphatic rings. The molecule has 156 valence electrons. The maximum absolute atomic E-state index is 4.96. The Bertz CT molecular complexity index is 1130. The Kier molecular flexibility index (Phi) is 5.94. The molecule has 5 rings (SSSR count). The van der Waals surface area contributed by atoms with Gasteiger partial charge in [-0.2, -0.15) is 0 Å². The molecule has 5 heteroatoms. The van der Waals surface area contributed by atoms with Crippen molar-refractivity contribution in [1.29, 1.82) is 0 Å². The third kappa shape index (κ3) is 4.94. The van der Waals surface area contributed by atoms with Crippen molar-refractivity contribution in [2.75, 3.05) is 17.2 Å². The van der Waals surface area contributed by atoms with Crippen LogP contribution in [0.25, 0.3) is 10.2 Å². The van der Waals surface area contributed by atoms with E-state index in [2.05, 4.69) is 88.4 Å². The van der Waals surface area contributed by atoms with Crippen LogP contribution < -0.4 is 10.6 Å². The molecule has 0 saturated carbocycles. The molecule has 3 aromatic carbocycles. The number of amidine groups is 1. The van der Waals surface area contributed by atoms with Gasteiger partial charge in [0.15, 0.2) is 5.13 Å². The molecule has 2 heterocycles. The first-order valence-corrected chi connectivity index (χ1v) is 11.7. The molecule has 0 fully saturated rings. The fraction of sp³-hybridized carbons (Fsp3) is 0.231. The zero-order chi connectivity index (χ0) is 20.9. The lowest BCUT2D eigenvalue weighted by atomic mass is 9.98. The Labute approximate surface area is 187 Å². The number of thiazole rings is 1. The minimum absolute atomic E-state index is 0.269. The van der Waals surface area contributed by atoms with Gasteiger partial charge in [-0.25, -0.2) is 4.98 Å². The summed E-state index contributed by atoms with van der Waals surface area (Å²) >= 11 is 1.71. The number of benzene rings is 3. The smallest absolute Gasteiger partial charge is 0.183 e. The number of anilines is 2. The lowest BCUT2D eigenvalue weighted by molar-refractivity contribution is 0.596. The van der Waals surface area contributed by atoms with E-state index in [1.807, 2.05) is 6.07 Å². The maximum atomic E-state index is 4.96. The van der Waals surface area contributed by atoms with Crippen LogP contribution in [-0.4, -0.2) is 17.4 Å². The molecule has 0 bridgehead atoms. The van der Waals surface area contributed by atoms with E-state index >= 15 is 0 Å². The molecule has 4 nitrogen and oxygen atoms in total. The Morgan fingerprint density at radius 1 is 0.903 bits per heavy atom. The van der Waals surface area contributed by atoms with Crippen molar-refractivity contribution in [3.63, 3.8) is 0 Å². The van der Waals surface area contributed by atoms with Crippen LogP contribution in [0.3, 0.4) is 0 Å². The van der Waals surface area contributed by atoms with Gasteiger partial charge < -0.3 is 10.6 Å². The van der Waals surface area contributed by atoms with Gasteiger partial charge in [-0.05, 0) is 54.7 Å². The molecule has 1 aliphatic heterocycles. The summed E-state index contributed by atoms with van der Waals surface area (Å²) in [6, 6.07) is 27.8. The number of rotatable bonds is 6. The zero-order valence-corrected chi connectivity index (χ0v) is 18.2. The second-order valence-corrected chi connectivity index (χ2v) is 8.91. The van der Waals surface area contributed by atoms with Gasteiger partial charge in [-0.3, -0.25) is 4.99 Å². The molecule has 0 saturated heterocycles. The van der Waals surface area contributed by atoms with E-state index < -0.39 is 0 Å². The average Bonchev–Trinajstić information content (AvgIpc) is 3.24. The van der Waals surface area contributed by atoms with E-state index in [1.165, 1.54) is 22.2 Å². The molecule has 0 spiro atoms. The normalized spacial score (nSPS) is 16.1. The van der Waals surface area contributed by atoms with E-state index in [0.29, 0.717) is 0 Å². The predicted octanol–water partition coefficient (Wildman–Crippen LogP) is 6.69. The van der Waals surface area contributed by atoms with Gasteiger partial charge in [0.2, 0.25) is 0 Å². The molecule has 0 radical (unpaired) electrons. The number of hydrogen-bond acceptors (Lipinski definition) is 5. The van der Waals surface area contributed by atoms with Crippen molar-refractivity contribution in [2.45, 2.75) is 31.7 Å². The van der Waals surface area contributed by atoms with Gasteiger partial charge in [0.25, 0.3) is 0 Å². The van der Waals surface area contributed by atoms with Crippen molar-refractivity contribution in [3.8, 4) is 0 Å². The van der Waals surface area contributed by atoms with Gasteiger partial charge in [0, 0.05) is 18.7 Å². The number of aromatic nitrogens is 1. The summed E-state index contributed by atoms with van der Waals surface area (Å²) in [5.74, 6) is 1.09. The number of aliphatic imine (C=N–C) groups is 1. The second kappa shape index (κ2) is 9.31. The third-order valence-electron chi connectivity index (χ3n) is 5.61. The van der Waals surface area contributed by atoms with Crippen molar-refractivity contribution >= 4 is 38.2 Å². The fourth-order valence-electron chi connectivity index (χ4n) is 3.97. The number of para-hydroxylation sites is 1. The quantitative estimate of drug-likeness (QED) is 0.361. The first-order chi connectivity index (χ1) is 15.3. The Hall–Kier alpha value is -3.18. The van der Waals surface area contributed by atoms with Crippen molar-refractivity contribution in [3.05, 3.63) is 90.0 Å². The van der Waals surface area contributed by atoms with E-state index in [4.69, 9.17) is 4.99 Å². The lowest BCUT2D eigenvalue weighted by Gasteiger charge is -2.21. The summed E-state index contributed by atoms with van der Waals surface area (Å²) in [4.78, 5) is 9.60. The first-order valence-electron chi connectivity index (χ1n) is 10.9. The molecular weight excluding hydrogens is 400 g/mol. The predicted molar refractivity (Wildman–Crippen MR) is 132 cm³/mol. The maximum Gasteiger partial charge on any atom is 0.183 e. The number of fused-ring (bicyclic) bond motifs is 1. The SMILES string of the molecule is c1ccc(C2CCCC(Nc3ccc(CCNc4nc5ccccc5s4)cc3)=N2)cc1. The molecule has 1 atom stereocenters. The summed E-state index contributed by atoms with van der Waals surface area (Å²) in [6.07, 6.45) is 4.26. The van der Waals surface area contributed by atoms with E-state index in [1.54, 1.807) is 11.3 Å². The summed E-state index contributed by atoms with van der Waals surface area (Å²) in [6.45, 7) is 0.873. The van der Waals surface area contributed by atoms with Crippen molar-refractivity contribution in [1.82, 2.24) is 4.98 Å². The highest BCUT2D eigenvalue weighted by molar-refractivity contribution is 7.22. The molecule has 1 unspecified atom stereocenters. The average molecular weight is 427 g/mol. The zero-order valence-electron chi connectivity index (χ0n) is 17.4. The number of hydrogen-bond donors (Lipinski definition) is 2. The third-order valence-corrected chi connectivity index (χ3v) is 6.61. The Balaban J connectivity index is 1.16. The van der Waals surface area contributed by atoms with E-state index in [9.17, 15) is 0 Å². The van der Waals surface area contributed by atoms with Gasteiger partial charge in [-0.1, -0.05) is 65.9 Å². The fourth-order valence-corrected chi connectivity index (χ4v) is 4.87. The van der Waals surface area contributed by atoms with E-state index in [-0.39, 0.29) is 6.04 Å². The number of nitrogens with one attached hydrogen (secondary N) is 2.